The van der Waals surface area contributed by atoms with E-state index < -0.39 is 30.1 Å². The van der Waals surface area contributed by atoms with Crippen molar-refractivity contribution < 1.29 is 24.2 Å². The predicted molar refractivity (Wildman–Crippen MR) is 109 cm³/mol. The number of esters is 1. The number of ether oxygens (including phenoxy) is 2. The Hall–Kier alpha value is -3.06. The summed E-state index contributed by atoms with van der Waals surface area (Å²) in [6.45, 7) is 0.416. The molecule has 0 aliphatic carbocycles. The number of anilines is 1. The highest BCUT2D eigenvalue weighted by molar-refractivity contribution is 5.88. The second-order valence-corrected chi connectivity index (χ2v) is 6.92. The number of aliphatic hydroxyl groups excluding tert-OH is 1. The molecular weight excluding hydrogens is 372 g/mol. The van der Waals surface area contributed by atoms with E-state index in [1.54, 1.807) is 19.2 Å². The molecule has 1 amide bonds. The molecule has 0 aromatic heterocycles. The third kappa shape index (κ3) is 4.68. The molecule has 0 saturated carbocycles. The van der Waals surface area contributed by atoms with Crippen LogP contribution in [0.3, 0.4) is 0 Å². The van der Waals surface area contributed by atoms with E-state index in [9.17, 15) is 14.7 Å². The van der Waals surface area contributed by atoms with Crippen LogP contribution in [0.4, 0.5) is 5.69 Å². The van der Waals surface area contributed by atoms with Crippen molar-refractivity contribution in [1.29, 1.82) is 0 Å². The lowest BCUT2D eigenvalue weighted by Crippen LogP contribution is -2.48. The van der Waals surface area contributed by atoms with Crippen LogP contribution in [-0.2, 0) is 14.3 Å². The van der Waals surface area contributed by atoms with Gasteiger partial charge in [-0.15, -0.1) is 0 Å². The number of rotatable bonds is 7. The minimum atomic E-state index is -1.37. The first kappa shape index (κ1) is 20.7. The van der Waals surface area contributed by atoms with E-state index in [0.29, 0.717) is 25.1 Å². The number of amides is 1. The molecule has 2 aromatic carbocycles. The molecule has 0 unspecified atom stereocenters. The number of hydrogen-bond donors (Lipinski definition) is 2. The van der Waals surface area contributed by atoms with E-state index in [2.05, 4.69) is 5.32 Å². The van der Waals surface area contributed by atoms with Crippen LogP contribution < -0.4 is 10.1 Å². The molecule has 1 aliphatic rings. The largest absolute Gasteiger partial charge is 0.497 e. The Morgan fingerprint density at radius 3 is 2.41 bits per heavy atom. The first-order chi connectivity index (χ1) is 14.0. The fraction of sp³-hybridized carbons (Fsp3) is 0.364. The van der Waals surface area contributed by atoms with Gasteiger partial charge in [0, 0.05) is 12.2 Å². The van der Waals surface area contributed by atoms with Gasteiger partial charge in [0.1, 0.15) is 11.8 Å². The van der Waals surface area contributed by atoms with E-state index in [-0.39, 0.29) is 0 Å². The van der Waals surface area contributed by atoms with Crippen molar-refractivity contribution >= 4 is 17.6 Å². The van der Waals surface area contributed by atoms with Crippen LogP contribution in [0.15, 0.2) is 54.6 Å². The molecule has 2 aromatic rings. The number of carbonyl (C=O) groups excluding carboxylic acids is 2. The predicted octanol–water partition coefficient (Wildman–Crippen LogP) is 2.37. The van der Waals surface area contributed by atoms with Crippen LogP contribution in [0.5, 0.6) is 5.75 Å². The Labute approximate surface area is 170 Å². The molecule has 0 spiro atoms. The van der Waals surface area contributed by atoms with Gasteiger partial charge in [-0.25, -0.2) is 4.79 Å². The SMILES string of the molecule is COC(=O)[C@H]1CCCN1C(=O)[C@H](O)[C@H](Nc1ccc(OC)cc1)c1ccccc1. The van der Waals surface area contributed by atoms with E-state index in [0.717, 1.165) is 11.3 Å². The number of benzene rings is 2. The molecule has 0 radical (unpaired) electrons. The van der Waals surface area contributed by atoms with Gasteiger partial charge < -0.3 is 24.8 Å². The van der Waals surface area contributed by atoms with Crippen molar-refractivity contribution in [1.82, 2.24) is 4.90 Å². The summed E-state index contributed by atoms with van der Waals surface area (Å²) in [6.07, 6.45) is -0.141. The smallest absolute Gasteiger partial charge is 0.328 e. The molecule has 29 heavy (non-hydrogen) atoms. The lowest BCUT2D eigenvalue weighted by Gasteiger charge is -2.30. The first-order valence-electron chi connectivity index (χ1n) is 9.57. The number of carbonyl (C=O) groups is 2. The van der Waals surface area contributed by atoms with Gasteiger partial charge in [-0.05, 0) is 42.7 Å². The fourth-order valence-electron chi connectivity index (χ4n) is 3.60. The topological polar surface area (TPSA) is 88.1 Å². The van der Waals surface area contributed by atoms with Gasteiger partial charge in [0.2, 0.25) is 0 Å². The molecule has 1 fully saturated rings. The van der Waals surface area contributed by atoms with Gasteiger partial charge >= 0.3 is 5.97 Å². The van der Waals surface area contributed by atoms with Gasteiger partial charge in [-0.1, -0.05) is 30.3 Å². The molecular formula is C22H26N2O5. The van der Waals surface area contributed by atoms with Crippen molar-refractivity contribution in [2.24, 2.45) is 0 Å². The minimum Gasteiger partial charge on any atom is -0.497 e. The van der Waals surface area contributed by atoms with Crippen molar-refractivity contribution in [3.63, 3.8) is 0 Å². The zero-order valence-corrected chi connectivity index (χ0v) is 16.6. The average molecular weight is 398 g/mol. The number of hydrogen-bond acceptors (Lipinski definition) is 6. The van der Waals surface area contributed by atoms with Gasteiger partial charge in [0.05, 0.1) is 20.3 Å². The van der Waals surface area contributed by atoms with Crippen molar-refractivity contribution in [3.8, 4) is 5.75 Å². The van der Waals surface area contributed by atoms with E-state index in [1.807, 2.05) is 42.5 Å². The number of nitrogens with one attached hydrogen (secondary N) is 1. The molecule has 1 heterocycles. The standard InChI is InChI=1S/C22H26N2O5/c1-28-17-12-10-16(11-13-17)23-19(15-7-4-3-5-8-15)20(25)21(26)24-14-6-9-18(24)22(27)29-2/h3-5,7-8,10-13,18-20,23,25H,6,9,14H2,1-2H3/t18-,19-,20-/m1/s1. The third-order valence-corrected chi connectivity index (χ3v) is 5.15. The monoisotopic (exact) mass is 398 g/mol. The molecule has 1 saturated heterocycles. The van der Waals surface area contributed by atoms with Crippen molar-refractivity contribution in [3.05, 3.63) is 60.2 Å². The van der Waals surface area contributed by atoms with Crippen molar-refractivity contribution in [2.45, 2.75) is 31.0 Å². The highest BCUT2D eigenvalue weighted by atomic mass is 16.5. The minimum absolute atomic E-state index is 0.416. The van der Waals surface area contributed by atoms with Gasteiger partial charge in [-0.3, -0.25) is 4.79 Å². The van der Waals surface area contributed by atoms with Crippen LogP contribution in [0.2, 0.25) is 0 Å². The van der Waals surface area contributed by atoms with Crippen LogP contribution in [0.1, 0.15) is 24.4 Å². The van der Waals surface area contributed by atoms with E-state index in [1.165, 1.54) is 12.0 Å². The van der Waals surface area contributed by atoms with Crippen LogP contribution >= 0.6 is 0 Å². The molecule has 2 N–H and O–H groups in total. The third-order valence-electron chi connectivity index (χ3n) is 5.15. The molecule has 3 rings (SSSR count). The van der Waals surface area contributed by atoms with Crippen LogP contribution in [0.25, 0.3) is 0 Å². The molecule has 154 valence electrons. The van der Waals surface area contributed by atoms with Crippen LogP contribution in [0, 0.1) is 0 Å². The molecule has 7 nitrogen and oxygen atoms in total. The number of methoxy groups -OCH3 is 2. The molecule has 0 bridgehead atoms. The summed E-state index contributed by atoms with van der Waals surface area (Å²) in [7, 11) is 2.89. The lowest BCUT2D eigenvalue weighted by molar-refractivity contribution is -0.154. The summed E-state index contributed by atoms with van der Waals surface area (Å²) in [5, 5.41) is 14.2. The summed E-state index contributed by atoms with van der Waals surface area (Å²) in [5.41, 5.74) is 1.50. The summed E-state index contributed by atoms with van der Waals surface area (Å²) in [6, 6.07) is 15.2. The van der Waals surface area contributed by atoms with Crippen molar-refractivity contribution in [2.75, 3.05) is 26.1 Å². The second kappa shape index (κ2) is 9.43. The maximum Gasteiger partial charge on any atom is 0.328 e. The Morgan fingerprint density at radius 1 is 1.10 bits per heavy atom. The van der Waals surface area contributed by atoms with E-state index in [4.69, 9.17) is 9.47 Å². The van der Waals surface area contributed by atoms with Gasteiger partial charge in [0.25, 0.3) is 5.91 Å². The zero-order chi connectivity index (χ0) is 20.8. The highest BCUT2D eigenvalue weighted by Gasteiger charge is 2.40. The summed E-state index contributed by atoms with van der Waals surface area (Å²) in [5.74, 6) is -0.239. The number of likely N-dealkylation sites (tertiary alicyclic amines) is 1. The number of nitrogens with zero attached hydrogens (tertiary/aromatic N) is 1. The lowest BCUT2D eigenvalue weighted by atomic mass is 9.99. The fourth-order valence-corrected chi connectivity index (χ4v) is 3.60. The second-order valence-electron chi connectivity index (χ2n) is 6.92. The summed E-state index contributed by atoms with van der Waals surface area (Å²) < 4.78 is 9.99. The normalized spacial score (nSPS) is 18.0. The molecule has 1 aliphatic heterocycles. The Morgan fingerprint density at radius 2 is 1.79 bits per heavy atom. The quantitative estimate of drug-likeness (QED) is 0.697. The molecule has 3 atom stereocenters. The molecule has 7 heteroatoms. The van der Waals surface area contributed by atoms with E-state index >= 15 is 0 Å². The Balaban J connectivity index is 1.84. The number of aliphatic hydroxyl groups is 1. The highest BCUT2D eigenvalue weighted by Crippen LogP contribution is 2.28. The summed E-state index contributed by atoms with van der Waals surface area (Å²) in [4.78, 5) is 26.5. The average Bonchev–Trinajstić information content (AvgIpc) is 3.27. The Kier molecular flexibility index (Phi) is 6.72. The maximum absolute atomic E-state index is 13.1. The first-order valence-corrected chi connectivity index (χ1v) is 9.57. The van der Waals surface area contributed by atoms with Gasteiger partial charge in [-0.2, -0.15) is 0 Å². The maximum atomic E-state index is 13.1. The Bertz CT molecular complexity index is 825. The zero-order valence-electron chi connectivity index (χ0n) is 16.6. The summed E-state index contributed by atoms with van der Waals surface area (Å²) >= 11 is 0. The van der Waals surface area contributed by atoms with Gasteiger partial charge in [0.15, 0.2) is 6.10 Å². The van der Waals surface area contributed by atoms with Crippen LogP contribution in [-0.4, -0.2) is 54.8 Å².